The van der Waals surface area contributed by atoms with Crippen molar-refractivity contribution in [2.45, 2.75) is 104 Å². The monoisotopic (exact) mass is 356 g/mol. The molecule has 1 aromatic rings. The van der Waals surface area contributed by atoms with Crippen LogP contribution in [-0.2, 0) is 12.8 Å². The maximum absolute atomic E-state index is 4.61. The van der Waals surface area contributed by atoms with Gasteiger partial charge in [0.05, 0.1) is 0 Å². The molecule has 0 aliphatic heterocycles. The fourth-order valence-corrected chi connectivity index (χ4v) is 5.37. The second-order valence-corrected chi connectivity index (χ2v) is 9.12. The summed E-state index contributed by atoms with van der Waals surface area (Å²) in [4.78, 5) is 9.22. The molecule has 3 rings (SSSR count). The van der Waals surface area contributed by atoms with Crippen LogP contribution >= 0.6 is 0 Å². The normalized spacial score (nSPS) is 29.6. The minimum Gasteiger partial charge on any atom is -0.241 e. The van der Waals surface area contributed by atoms with Crippen molar-refractivity contribution in [3.05, 3.63) is 23.8 Å². The average molecular weight is 357 g/mol. The van der Waals surface area contributed by atoms with E-state index in [9.17, 15) is 0 Å². The highest BCUT2D eigenvalue weighted by molar-refractivity contribution is 5.05. The molecule has 0 N–H and O–H groups in total. The van der Waals surface area contributed by atoms with Crippen LogP contribution in [0.3, 0.4) is 0 Å². The number of rotatable bonds is 8. The third kappa shape index (κ3) is 5.79. The SMILES string of the molecule is CCCCc1cnc(CC[C@H]2CC[C@H]([C@H]3CC[C@H](CC)CC3)CC2)nc1. The summed E-state index contributed by atoms with van der Waals surface area (Å²) in [6, 6.07) is 0. The molecule has 0 unspecified atom stereocenters. The Labute approximate surface area is 161 Å². The minimum atomic E-state index is 0.918. The van der Waals surface area contributed by atoms with E-state index in [-0.39, 0.29) is 0 Å². The molecule has 0 saturated heterocycles. The van der Waals surface area contributed by atoms with Crippen LogP contribution in [-0.4, -0.2) is 9.97 Å². The van der Waals surface area contributed by atoms with Crippen molar-refractivity contribution >= 4 is 0 Å². The first kappa shape index (κ1) is 19.8. The van der Waals surface area contributed by atoms with Gasteiger partial charge < -0.3 is 0 Å². The smallest absolute Gasteiger partial charge is 0.128 e. The number of unbranched alkanes of at least 4 members (excludes halogenated alkanes) is 1. The van der Waals surface area contributed by atoms with Gasteiger partial charge in [-0.2, -0.15) is 0 Å². The van der Waals surface area contributed by atoms with Crippen LogP contribution in [0.1, 0.15) is 102 Å². The first-order valence-electron chi connectivity index (χ1n) is 11.6. The van der Waals surface area contributed by atoms with Crippen LogP contribution in [0.25, 0.3) is 0 Å². The highest BCUT2D eigenvalue weighted by Gasteiger charge is 2.30. The number of nitrogens with zero attached hydrogens (tertiary/aromatic N) is 2. The molecule has 146 valence electrons. The van der Waals surface area contributed by atoms with E-state index in [2.05, 4.69) is 36.2 Å². The average Bonchev–Trinajstić information content (AvgIpc) is 2.72. The number of aromatic nitrogens is 2. The summed E-state index contributed by atoms with van der Waals surface area (Å²) in [5.74, 6) is 5.11. The predicted octanol–water partition coefficient (Wildman–Crippen LogP) is 6.77. The van der Waals surface area contributed by atoms with Gasteiger partial charge in [0, 0.05) is 18.8 Å². The lowest BCUT2D eigenvalue weighted by Gasteiger charge is -2.37. The Hall–Kier alpha value is -0.920. The van der Waals surface area contributed by atoms with Gasteiger partial charge in [0.2, 0.25) is 0 Å². The minimum absolute atomic E-state index is 0.918. The second-order valence-electron chi connectivity index (χ2n) is 9.12. The van der Waals surface area contributed by atoms with E-state index < -0.39 is 0 Å². The van der Waals surface area contributed by atoms with Crippen LogP contribution in [0.2, 0.25) is 0 Å². The van der Waals surface area contributed by atoms with Gasteiger partial charge in [0.1, 0.15) is 5.82 Å². The lowest BCUT2D eigenvalue weighted by atomic mass is 9.68. The first-order chi connectivity index (χ1) is 12.8. The van der Waals surface area contributed by atoms with Crippen molar-refractivity contribution in [1.82, 2.24) is 9.97 Å². The molecule has 1 heterocycles. The zero-order valence-electron chi connectivity index (χ0n) is 17.3. The second kappa shape index (κ2) is 10.4. The van der Waals surface area contributed by atoms with E-state index >= 15 is 0 Å². The van der Waals surface area contributed by atoms with E-state index in [0.717, 1.165) is 42.3 Å². The first-order valence-corrected chi connectivity index (χ1v) is 11.6. The highest BCUT2D eigenvalue weighted by Crippen LogP contribution is 2.42. The van der Waals surface area contributed by atoms with Crippen molar-refractivity contribution in [2.24, 2.45) is 23.7 Å². The largest absolute Gasteiger partial charge is 0.241 e. The third-order valence-electron chi connectivity index (χ3n) is 7.38. The molecule has 2 saturated carbocycles. The van der Waals surface area contributed by atoms with E-state index in [1.165, 1.54) is 82.6 Å². The standard InChI is InChI=1S/C24H40N2/c1-3-5-6-21-17-25-24(26-18-21)16-11-20-9-14-23(15-10-20)22-12-7-19(4-2)8-13-22/h17-20,22-23H,3-16H2,1-2H3/t19-,20-,22-,23-. The Morgan fingerprint density at radius 3 is 1.88 bits per heavy atom. The molecule has 0 aromatic carbocycles. The van der Waals surface area contributed by atoms with Gasteiger partial charge in [-0.3, -0.25) is 0 Å². The number of aryl methyl sites for hydroxylation is 2. The molecule has 0 spiro atoms. The van der Waals surface area contributed by atoms with Crippen molar-refractivity contribution in [1.29, 1.82) is 0 Å². The highest BCUT2D eigenvalue weighted by atomic mass is 14.9. The Morgan fingerprint density at radius 1 is 0.769 bits per heavy atom. The molecular weight excluding hydrogens is 316 g/mol. The molecule has 0 atom stereocenters. The van der Waals surface area contributed by atoms with Crippen molar-refractivity contribution in [3.63, 3.8) is 0 Å². The van der Waals surface area contributed by atoms with Gasteiger partial charge in [0.15, 0.2) is 0 Å². The van der Waals surface area contributed by atoms with Gasteiger partial charge in [-0.05, 0) is 74.2 Å². The zero-order valence-corrected chi connectivity index (χ0v) is 17.3. The lowest BCUT2D eigenvalue weighted by Crippen LogP contribution is -2.26. The molecule has 2 aliphatic carbocycles. The Bertz CT molecular complexity index is 493. The summed E-state index contributed by atoms with van der Waals surface area (Å²) < 4.78 is 0. The van der Waals surface area contributed by atoms with Crippen LogP contribution in [0.15, 0.2) is 12.4 Å². The molecule has 0 amide bonds. The molecule has 26 heavy (non-hydrogen) atoms. The van der Waals surface area contributed by atoms with Crippen molar-refractivity contribution in [2.75, 3.05) is 0 Å². The number of hydrogen-bond donors (Lipinski definition) is 0. The molecule has 0 bridgehead atoms. The third-order valence-corrected chi connectivity index (χ3v) is 7.38. The van der Waals surface area contributed by atoms with Crippen LogP contribution in [0, 0.1) is 23.7 Å². The summed E-state index contributed by atoms with van der Waals surface area (Å²) in [6.45, 7) is 4.61. The van der Waals surface area contributed by atoms with Gasteiger partial charge in [-0.1, -0.05) is 52.4 Å². The topological polar surface area (TPSA) is 25.8 Å². The van der Waals surface area contributed by atoms with Gasteiger partial charge in [-0.25, -0.2) is 9.97 Å². The molecule has 2 nitrogen and oxygen atoms in total. The number of hydrogen-bond acceptors (Lipinski definition) is 2. The molecule has 1 aromatic heterocycles. The van der Waals surface area contributed by atoms with Crippen LogP contribution in [0.5, 0.6) is 0 Å². The zero-order chi connectivity index (χ0) is 18.2. The van der Waals surface area contributed by atoms with Crippen LogP contribution in [0.4, 0.5) is 0 Å². The van der Waals surface area contributed by atoms with E-state index in [1.54, 1.807) is 0 Å². The summed E-state index contributed by atoms with van der Waals surface area (Å²) in [7, 11) is 0. The van der Waals surface area contributed by atoms with Gasteiger partial charge in [-0.15, -0.1) is 0 Å². The predicted molar refractivity (Wildman–Crippen MR) is 110 cm³/mol. The molecule has 2 aliphatic rings. The molecule has 0 radical (unpaired) electrons. The molecule has 2 heteroatoms. The van der Waals surface area contributed by atoms with Gasteiger partial charge >= 0.3 is 0 Å². The molecular formula is C24H40N2. The maximum atomic E-state index is 4.61. The quantitative estimate of drug-likeness (QED) is 0.513. The van der Waals surface area contributed by atoms with E-state index in [0.29, 0.717) is 0 Å². The Balaban J connectivity index is 1.35. The Morgan fingerprint density at radius 2 is 1.35 bits per heavy atom. The van der Waals surface area contributed by atoms with Gasteiger partial charge in [0.25, 0.3) is 0 Å². The van der Waals surface area contributed by atoms with Crippen LogP contribution < -0.4 is 0 Å². The summed E-state index contributed by atoms with van der Waals surface area (Å²) in [5, 5.41) is 0. The van der Waals surface area contributed by atoms with E-state index in [4.69, 9.17) is 0 Å². The van der Waals surface area contributed by atoms with Crippen molar-refractivity contribution in [3.8, 4) is 0 Å². The van der Waals surface area contributed by atoms with Crippen molar-refractivity contribution < 1.29 is 0 Å². The lowest BCUT2D eigenvalue weighted by molar-refractivity contribution is 0.142. The summed E-state index contributed by atoms with van der Waals surface area (Å²) in [6.07, 6.45) is 23.4. The molecule has 2 fully saturated rings. The Kier molecular flexibility index (Phi) is 7.95. The summed E-state index contributed by atoms with van der Waals surface area (Å²) in [5.41, 5.74) is 1.30. The fraction of sp³-hybridized carbons (Fsp3) is 0.833. The summed E-state index contributed by atoms with van der Waals surface area (Å²) >= 11 is 0. The maximum Gasteiger partial charge on any atom is 0.128 e. The van der Waals surface area contributed by atoms with E-state index in [1.807, 2.05) is 0 Å². The fourth-order valence-electron chi connectivity index (χ4n) is 5.37.